The van der Waals surface area contributed by atoms with Crippen LogP contribution in [0, 0.1) is 36.9 Å². The number of rotatable bonds is 2. The third-order valence-electron chi connectivity index (χ3n) is 3.59. The molecule has 0 aliphatic carbocycles. The number of sulfonamides is 1. The quantitative estimate of drug-likeness (QED) is 0.841. The van der Waals surface area contributed by atoms with Crippen molar-refractivity contribution in [2.75, 3.05) is 13.1 Å². The van der Waals surface area contributed by atoms with Crippen molar-refractivity contribution >= 4 is 10.0 Å². The SMILES string of the molecule is Cc1cc(F)cc(C)c1S(=O)(=O)N1CCCC(C#N)C1. The van der Waals surface area contributed by atoms with Gasteiger partial charge in [0.1, 0.15) is 5.82 Å². The van der Waals surface area contributed by atoms with E-state index in [1.54, 1.807) is 13.8 Å². The summed E-state index contributed by atoms with van der Waals surface area (Å²) in [5.74, 6) is -0.702. The van der Waals surface area contributed by atoms with Gasteiger partial charge >= 0.3 is 0 Å². The lowest BCUT2D eigenvalue weighted by Crippen LogP contribution is -2.40. The second-order valence-electron chi connectivity index (χ2n) is 5.20. The molecular formula is C14H17FN2O2S. The predicted molar refractivity (Wildman–Crippen MR) is 73.0 cm³/mol. The minimum absolute atomic E-state index is 0.164. The second kappa shape index (κ2) is 5.51. The fourth-order valence-electron chi connectivity index (χ4n) is 2.70. The molecule has 108 valence electrons. The van der Waals surface area contributed by atoms with Crippen molar-refractivity contribution in [1.29, 1.82) is 5.26 Å². The highest BCUT2D eigenvalue weighted by molar-refractivity contribution is 7.89. The lowest BCUT2D eigenvalue weighted by atomic mass is 10.0. The van der Waals surface area contributed by atoms with Crippen LogP contribution in [0.2, 0.25) is 0 Å². The van der Waals surface area contributed by atoms with Crippen molar-refractivity contribution in [3.63, 3.8) is 0 Å². The lowest BCUT2D eigenvalue weighted by Gasteiger charge is -2.29. The number of nitrogens with zero attached hydrogens (tertiary/aromatic N) is 2. The Kier molecular flexibility index (Phi) is 4.11. The van der Waals surface area contributed by atoms with E-state index >= 15 is 0 Å². The molecule has 1 atom stereocenters. The fourth-order valence-corrected chi connectivity index (χ4v) is 4.63. The Bertz CT molecular complexity index is 641. The van der Waals surface area contributed by atoms with Crippen LogP contribution in [0.5, 0.6) is 0 Å². The van der Waals surface area contributed by atoms with Crippen LogP contribution in [0.1, 0.15) is 24.0 Å². The summed E-state index contributed by atoms with van der Waals surface area (Å²) in [4.78, 5) is 0.164. The summed E-state index contributed by atoms with van der Waals surface area (Å²) in [5.41, 5.74) is 0.808. The summed E-state index contributed by atoms with van der Waals surface area (Å²) < 4.78 is 40.0. The summed E-state index contributed by atoms with van der Waals surface area (Å²) >= 11 is 0. The Labute approximate surface area is 118 Å². The van der Waals surface area contributed by atoms with Crippen LogP contribution in [-0.4, -0.2) is 25.8 Å². The molecule has 1 fully saturated rings. The number of nitriles is 1. The second-order valence-corrected chi connectivity index (χ2v) is 7.07. The van der Waals surface area contributed by atoms with Crippen molar-refractivity contribution in [3.05, 3.63) is 29.1 Å². The molecule has 1 aliphatic rings. The molecule has 1 aromatic rings. The highest BCUT2D eigenvalue weighted by Gasteiger charge is 2.32. The first kappa shape index (κ1) is 14.9. The molecule has 20 heavy (non-hydrogen) atoms. The van der Waals surface area contributed by atoms with Gasteiger partial charge in [0.05, 0.1) is 16.9 Å². The van der Waals surface area contributed by atoms with Crippen molar-refractivity contribution < 1.29 is 12.8 Å². The zero-order valence-electron chi connectivity index (χ0n) is 11.6. The molecule has 1 heterocycles. The van der Waals surface area contributed by atoms with Gasteiger partial charge in [-0.2, -0.15) is 9.57 Å². The van der Waals surface area contributed by atoms with E-state index in [4.69, 9.17) is 5.26 Å². The number of benzene rings is 1. The Morgan fingerprint density at radius 3 is 2.50 bits per heavy atom. The minimum Gasteiger partial charge on any atom is -0.207 e. The van der Waals surface area contributed by atoms with Gasteiger partial charge in [-0.25, -0.2) is 12.8 Å². The lowest BCUT2D eigenvalue weighted by molar-refractivity contribution is 0.305. The average Bonchev–Trinajstić information content (AvgIpc) is 2.37. The van der Waals surface area contributed by atoms with Crippen LogP contribution in [0.4, 0.5) is 4.39 Å². The van der Waals surface area contributed by atoms with Gasteiger partial charge in [0.15, 0.2) is 0 Å². The Morgan fingerprint density at radius 2 is 1.95 bits per heavy atom. The van der Waals surface area contributed by atoms with Crippen molar-refractivity contribution in [2.24, 2.45) is 5.92 Å². The molecule has 1 aromatic carbocycles. The van der Waals surface area contributed by atoms with E-state index in [0.717, 1.165) is 6.42 Å². The Balaban J connectivity index is 2.43. The minimum atomic E-state index is -3.67. The summed E-state index contributed by atoms with van der Waals surface area (Å²) in [6.07, 6.45) is 1.40. The first-order chi connectivity index (χ1) is 9.36. The maximum atomic E-state index is 13.3. The van der Waals surface area contributed by atoms with E-state index in [1.807, 2.05) is 0 Å². The standard InChI is InChI=1S/C14H17FN2O2S/c1-10-6-13(15)7-11(2)14(10)20(18,19)17-5-3-4-12(8-16)9-17/h6-7,12H,3-5,9H2,1-2H3. The number of halogens is 1. The van der Waals surface area contributed by atoms with E-state index in [9.17, 15) is 12.8 Å². The Hall–Kier alpha value is -1.45. The third kappa shape index (κ3) is 2.69. The normalized spacial score (nSPS) is 20.6. The average molecular weight is 296 g/mol. The van der Waals surface area contributed by atoms with Gasteiger partial charge < -0.3 is 0 Å². The van der Waals surface area contributed by atoms with Crippen LogP contribution in [-0.2, 0) is 10.0 Å². The molecule has 2 rings (SSSR count). The fraction of sp³-hybridized carbons (Fsp3) is 0.500. The molecule has 0 spiro atoms. The zero-order valence-corrected chi connectivity index (χ0v) is 12.4. The van der Waals surface area contributed by atoms with Gasteiger partial charge in [0.25, 0.3) is 0 Å². The summed E-state index contributed by atoms with van der Waals surface area (Å²) in [5, 5.41) is 8.97. The van der Waals surface area contributed by atoms with Crippen LogP contribution in [0.25, 0.3) is 0 Å². The first-order valence-electron chi connectivity index (χ1n) is 6.52. The molecule has 0 aromatic heterocycles. The van der Waals surface area contributed by atoms with Gasteiger partial charge in [0, 0.05) is 13.1 Å². The largest absolute Gasteiger partial charge is 0.243 e. The van der Waals surface area contributed by atoms with E-state index in [0.29, 0.717) is 24.1 Å². The number of hydrogen-bond acceptors (Lipinski definition) is 3. The highest BCUT2D eigenvalue weighted by Crippen LogP contribution is 2.28. The maximum absolute atomic E-state index is 13.3. The topological polar surface area (TPSA) is 61.2 Å². The number of hydrogen-bond donors (Lipinski definition) is 0. The number of piperidine rings is 1. The van der Waals surface area contributed by atoms with Crippen molar-refractivity contribution in [2.45, 2.75) is 31.6 Å². The van der Waals surface area contributed by atoms with E-state index in [1.165, 1.54) is 16.4 Å². The number of aryl methyl sites for hydroxylation is 2. The van der Waals surface area contributed by atoms with Gasteiger partial charge in [-0.3, -0.25) is 0 Å². The third-order valence-corrected chi connectivity index (χ3v) is 5.76. The molecule has 0 saturated carbocycles. The maximum Gasteiger partial charge on any atom is 0.243 e. The van der Waals surface area contributed by atoms with Crippen LogP contribution in [0.15, 0.2) is 17.0 Å². The van der Waals surface area contributed by atoms with Gasteiger partial charge in [-0.05, 0) is 49.9 Å². The first-order valence-corrected chi connectivity index (χ1v) is 7.97. The molecule has 0 radical (unpaired) electrons. The molecule has 1 saturated heterocycles. The summed E-state index contributed by atoms with van der Waals surface area (Å²) in [6, 6.07) is 4.59. The molecule has 0 amide bonds. The molecule has 0 bridgehead atoms. The van der Waals surface area contributed by atoms with Crippen molar-refractivity contribution in [1.82, 2.24) is 4.31 Å². The molecule has 6 heteroatoms. The van der Waals surface area contributed by atoms with E-state index in [-0.39, 0.29) is 17.4 Å². The van der Waals surface area contributed by atoms with Gasteiger partial charge in [-0.15, -0.1) is 0 Å². The van der Waals surface area contributed by atoms with E-state index in [2.05, 4.69) is 6.07 Å². The molecule has 0 N–H and O–H groups in total. The van der Waals surface area contributed by atoms with Crippen LogP contribution in [0.3, 0.4) is 0 Å². The van der Waals surface area contributed by atoms with Crippen molar-refractivity contribution in [3.8, 4) is 6.07 Å². The Morgan fingerprint density at radius 1 is 1.35 bits per heavy atom. The molecule has 4 nitrogen and oxygen atoms in total. The van der Waals surface area contributed by atoms with Crippen LogP contribution >= 0.6 is 0 Å². The molecular weight excluding hydrogens is 279 g/mol. The summed E-state index contributed by atoms with van der Waals surface area (Å²) in [7, 11) is -3.67. The monoisotopic (exact) mass is 296 g/mol. The smallest absolute Gasteiger partial charge is 0.207 e. The van der Waals surface area contributed by atoms with Crippen LogP contribution < -0.4 is 0 Å². The summed E-state index contributed by atoms with van der Waals surface area (Å²) in [6.45, 7) is 3.81. The van der Waals surface area contributed by atoms with Gasteiger partial charge in [0.2, 0.25) is 10.0 Å². The zero-order chi connectivity index (χ0) is 14.9. The van der Waals surface area contributed by atoms with E-state index < -0.39 is 15.8 Å². The predicted octanol–water partition coefficient (Wildman–Crippen LogP) is 2.37. The van der Waals surface area contributed by atoms with Gasteiger partial charge in [-0.1, -0.05) is 0 Å². The highest BCUT2D eigenvalue weighted by atomic mass is 32.2. The molecule has 1 unspecified atom stereocenters. The molecule has 1 aliphatic heterocycles.